The minimum atomic E-state index is -0.245. The molecule has 3 heteroatoms. The van der Waals surface area contributed by atoms with Gasteiger partial charge in [0.05, 0.1) is 5.60 Å². The molecule has 0 saturated heterocycles. The third-order valence-corrected chi connectivity index (χ3v) is 2.37. The summed E-state index contributed by atoms with van der Waals surface area (Å²) in [6.07, 6.45) is 1.76. The molecule has 1 aromatic rings. The van der Waals surface area contributed by atoms with Gasteiger partial charge in [-0.15, -0.1) is 0 Å². The van der Waals surface area contributed by atoms with E-state index in [0.29, 0.717) is 0 Å². The van der Waals surface area contributed by atoms with Crippen molar-refractivity contribution in [2.45, 2.75) is 19.4 Å². The maximum Gasteiger partial charge on any atom is 0.106 e. The molecule has 66 valence electrons. The molecule has 0 spiro atoms. The van der Waals surface area contributed by atoms with Crippen molar-refractivity contribution in [3.8, 4) is 0 Å². The number of hydrogen-bond acceptors (Lipinski definition) is 2. The van der Waals surface area contributed by atoms with Crippen LogP contribution in [-0.2, 0) is 10.3 Å². The second kappa shape index (κ2) is 3.54. The molecule has 0 bridgehead atoms. The Kier molecular flexibility index (Phi) is 2.85. The van der Waals surface area contributed by atoms with E-state index >= 15 is 0 Å². The number of halogens is 1. The number of nitrogens with zero attached hydrogens (tertiary/aromatic N) is 1. The van der Waals surface area contributed by atoms with Gasteiger partial charge in [0, 0.05) is 13.3 Å². The summed E-state index contributed by atoms with van der Waals surface area (Å²) in [6, 6.07) is 3.91. The fourth-order valence-corrected chi connectivity index (χ4v) is 1.26. The van der Waals surface area contributed by atoms with Crippen LogP contribution in [0.15, 0.2) is 22.9 Å². The Hall–Kier alpha value is -0.410. The summed E-state index contributed by atoms with van der Waals surface area (Å²) in [6.45, 7) is 4.05. The molecule has 0 fully saturated rings. The fourth-order valence-electron chi connectivity index (χ4n) is 0.895. The Labute approximate surface area is 81.1 Å². The lowest BCUT2D eigenvalue weighted by Gasteiger charge is -2.23. The van der Waals surface area contributed by atoms with Crippen molar-refractivity contribution in [3.05, 3.63) is 28.5 Å². The zero-order valence-corrected chi connectivity index (χ0v) is 9.05. The molecule has 0 atom stereocenters. The maximum atomic E-state index is 5.33. The Balaban J connectivity index is 3.03. The number of pyridine rings is 1. The summed E-state index contributed by atoms with van der Waals surface area (Å²) in [5, 5.41) is 0. The molecule has 0 aliphatic carbocycles. The van der Waals surface area contributed by atoms with Crippen molar-refractivity contribution in [2.75, 3.05) is 7.11 Å². The van der Waals surface area contributed by atoms with Crippen LogP contribution in [-0.4, -0.2) is 12.1 Å². The average Bonchev–Trinajstić information content (AvgIpc) is 2.05. The topological polar surface area (TPSA) is 22.1 Å². The Morgan fingerprint density at radius 1 is 1.50 bits per heavy atom. The molecule has 0 aromatic carbocycles. The van der Waals surface area contributed by atoms with Gasteiger partial charge in [0.2, 0.25) is 0 Å². The standard InChI is InChI=1S/C9H12BrNO/c1-9(2,12-3)7-4-5-11-8(10)6-7/h4-6H,1-3H3. The van der Waals surface area contributed by atoms with E-state index in [1.54, 1.807) is 13.3 Å². The van der Waals surface area contributed by atoms with Gasteiger partial charge in [0.15, 0.2) is 0 Å². The molecule has 0 N–H and O–H groups in total. The van der Waals surface area contributed by atoms with E-state index in [1.165, 1.54) is 0 Å². The molecule has 2 nitrogen and oxygen atoms in total. The van der Waals surface area contributed by atoms with Crippen molar-refractivity contribution in [1.82, 2.24) is 4.98 Å². The van der Waals surface area contributed by atoms with Gasteiger partial charge in [-0.05, 0) is 47.5 Å². The normalized spacial score (nSPS) is 11.7. The fraction of sp³-hybridized carbons (Fsp3) is 0.444. The van der Waals surface area contributed by atoms with Crippen molar-refractivity contribution in [2.24, 2.45) is 0 Å². The van der Waals surface area contributed by atoms with Crippen LogP contribution in [0.1, 0.15) is 19.4 Å². The zero-order valence-electron chi connectivity index (χ0n) is 7.47. The number of rotatable bonds is 2. The first-order valence-electron chi connectivity index (χ1n) is 3.73. The smallest absolute Gasteiger partial charge is 0.106 e. The van der Waals surface area contributed by atoms with Gasteiger partial charge < -0.3 is 4.74 Å². The first-order chi connectivity index (χ1) is 5.56. The molecule has 0 unspecified atom stereocenters. The van der Waals surface area contributed by atoms with Crippen LogP contribution in [0, 0.1) is 0 Å². The van der Waals surface area contributed by atoms with Crippen LogP contribution in [0.5, 0.6) is 0 Å². The molecule has 0 radical (unpaired) electrons. The van der Waals surface area contributed by atoms with Crippen molar-refractivity contribution in [1.29, 1.82) is 0 Å². The predicted molar refractivity (Wildman–Crippen MR) is 52.0 cm³/mol. The second-order valence-corrected chi connectivity index (χ2v) is 3.89. The maximum absolute atomic E-state index is 5.33. The number of hydrogen-bond donors (Lipinski definition) is 0. The number of aromatic nitrogens is 1. The Morgan fingerprint density at radius 2 is 2.17 bits per heavy atom. The van der Waals surface area contributed by atoms with Crippen LogP contribution in [0.2, 0.25) is 0 Å². The van der Waals surface area contributed by atoms with E-state index in [0.717, 1.165) is 10.2 Å². The quantitative estimate of drug-likeness (QED) is 0.728. The highest BCUT2D eigenvalue weighted by atomic mass is 79.9. The summed E-state index contributed by atoms with van der Waals surface area (Å²) >= 11 is 3.32. The molecule has 0 aliphatic rings. The molecule has 0 aliphatic heterocycles. The lowest BCUT2D eigenvalue weighted by molar-refractivity contribution is 0.0191. The van der Waals surface area contributed by atoms with E-state index in [4.69, 9.17) is 4.74 Å². The summed E-state index contributed by atoms with van der Waals surface area (Å²) in [5.41, 5.74) is 0.873. The third-order valence-electron chi connectivity index (χ3n) is 1.93. The molecule has 1 heterocycles. The van der Waals surface area contributed by atoms with Crippen molar-refractivity contribution >= 4 is 15.9 Å². The van der Waals surface area contributed by atoms with Crippen LogP contribution in [0.3, 0.4) is 0 Å². The summed E-state index contributed by atoms with van der Waals surface area (Å²) in [7, 11) is 1.70. The third kappa shape index (κ3) is 2.05. The van der Waals surface area contributed by atoms with E-state index in [9.17, 15) is 0 Å². The van der Waals surface area contributed by atoms with Crippen LogP contribution in [0.4, 0.5) is 0 Å². The zero-order chi connectivity index (χ0) is 9.19. The molecule has 12 heavy (non-hydrogen) atoms. The van der Waals surface area contributed by atoms with Gasteiger partial charge in [0.25, 0.3) is 0 Å². The van der Waals surface area contributed by atoms with Crippen molar-refractivity contribution < 1.29 is 4.74 Å². The first-order valence-corrected chi connectivity index (χ1v) is 4.53. The van der Waals surface area contributed by atoms with Gasteiger partial charge >= 0.3 is 0 Å². The molecular formula is C9H12BrNO. The Bertz CT molecular complexity index is 273. The average molecular weight is 230 g/mol. The van der Waals surface area contributed by atoms with Crippen LogP contribution in [0.25, 0.3) is 0 Å². The molecule has 1 aromatic heterocycles. The minimum absolute atomic E-state index is 0.245. The SMILES string of the molecule is COC(C)(C)c1ccnc(Br)c1. The highest BCUT2D eigenvalue weighted by molar-refractivity contribution is 9.10. The van der Waals surface area contributed by atoms with E-state index < -0.39 is 0 Å². The van der Waals surface area contributed by atoms with E-state index in [2.05, 4.69) is 20.9 Å². The lowest BCUT2D eigenvalue weighted by Crippen LogP contribution is -2.19. The summed E-state index contributed by atoms with van der Waals surface area (Å²) in [5.74, 6) is 0. The van der Waals surface area contributed by atoms with Gasteiger partial charge in [-0.1, -0.05) is 0 Å². The lowest BCUT2D eigenvalue weighted by atomic mass is 10.00. The molecule has 0 saturated carbocycles. The van der Waals surface area contributed by atoms with Crippen LogP contribution >= 0.6 is 15.9 Å². The van der Waals surface area contributed by atoms with Gasteiger partial charge in [-0.3, -0.25) is 0 Å². The minimum Gasteiger partial charge on any atom is -0.374 e. The Morgan fingerprint density at radius 3 is 2.67 bits per heavy atom. The number of methoxy groups -OCH3 is 1. The molecule has 0 amide bonds. The van der Waals surface area contributed by atoms with Crippen LogP contribution < -0.4 is 0 Å². The summed E-state index contributed by atoms with van der Waals surface area (Å²) < 4.78 is 6.17. The molecule has 1 rings (SSSR count). The first kappa shape index (κ1) is 9.68. The number of ether oxygens (including phenoxy) is 1. The van der Waals surface area contributed by atoms with Gasteiger partial charge in [-0.25, -0.2) is 4.98 Å². The van der Waals surface area contributed by atoms with Gasteiger partial charge in [-0.2, -0.15) is 0 Å². The monoisotopic (exact) mass is 229 g/mol. The molecular weight excluding hydrogens is 218 g/mol. The largest absolute Gasteiger partial charge is 0.374 e. The highest BCUT2D eigenvalue weighted by Gasteiger charge is 2.19. The van der Waals surface area contributed by atoms with E-state index in [-0.39, 0.29) is 5.60 Å². The highest BCUT2D eigenvalue weighted by Crippen LogP contribution is 2.24. The summed E-state index contributed by atoms with van der Waals surface area (Å²) in [4.78, 5) is 4.05. The second-order valence-electron chi connectivity index (χ2n) is 3.08. The predicted octanol–water partition coefficient (Wildman–Crippen LogP) is 2.73. The van der Waals surface area contributed by atoms with Gasteiger partial charge in [0.1, 0.15) is 4.60 Å². The van der Waals surface area contributed by atoms with E-state index in [1.807, 2.05) is 26.0 Å². The van der Waals surface area contributed by atoms with Crippen molar-refractivity contribution in [3.63, 3.8) is 0 Å².